The minimum Gasteiger partial charge on any atom is -0.508 e. The lowest BCUT2D eigenvalue weighted by atomic mass is 10.0. The third-order valence-corrected chi connectivity index (χ3v) is 4.55. The van der Waals surface area contributed by atoms with Crippen LogP contribution in [0.25, 0.3) is 11.0 Å². The molecule has 0 aliphatic rings. The van der Waals surface area contributed by atoms with Gasteiger partial charge in [-0.05, 0) is 36.6 Å². The van der Waals surface area contributed by atoms with E-state index in [2.05, 4.69) is 0 Å². The van der Waals surface area contributed by atoms with E-state index in [-0.39, 0.29) is 18.1 Å². The summed E-state index contributed by atoms with van der Waals surface area (Å²) in [5, 5.41) is 10.3. The monoisotopic (exact) mass is 351 g/mol. The van der Waals surface area contributed by atoms with Gasteiger partial charge in [0.15, 0.2) is 0 Å². The second-order valence-corrected chi connectivity index (χ2v) is 6.41. The molecule has 2 aromatic carbocycles. The molecule has 3 rings (SSSR count). The van der Waals surface area contributed by atoms with Crippen LogP contribution in [-0.2, 0) is 17.8 Å². The normalized spacial score (nSPS) is 10.8. The highest BCUT2D eigenvalue weighted by Crippen LogP contribution is 2.24. The van der Waals surface area contributed by atoms with Gasteiger partial charge in [-0.2, -0.15) is 0 Å². The van der Waals surface area contributed by atoms with E-state index >= 15 is 0 Å². The minimum atomic E-state index is -0.459. The Bertz CT molecular complexity index is 992. The quantitative estimate of drug-likeness (QED) is 0.715. The van der Waals surface area contributed by atoms with E-state index in [9.17, 15) is 14.7 Å². The van der Waals surface area contributed by atoms with Crippen molar-refractivity contribution in [3.05, 3.63) is 75.6 Å². The molecular formula is C21H21NO4. The number of phenolic OH excluding ortho intramolecular Hbond substituents is 1. The lowest BCUT2D eigenvalue weighted by molar-refractivity contribution is -0.130. The Morgan fingerprint density at radius 2 is 1.88 bits per heavy atom. The number of aryl methyl sites for hydroxylation is 1. The fourth-order valence-corrected chi connectivity index (χ4v) is 3.04. The zero-order valence-electron chi connectivity index (χ0n) is 14.9. The Balaban J connectivity index is 1.74. The first kappa shape index (κ1) is 17.7. The number of aromatic hydroxyl groups is 1. The summed E-state index contributed by atoms with van der Waals surface area (Å²) in [6.07, 6.45) is 0.557. The van der Waals surface area contributed by atoms with Crippen LogP contribution in [0.5, 0.6) is 5.75 Å². The predicted octanol–water partition coefficient (Wildman–Crippen LogP) is 3.40. The number of benzene rings is 2. The lowest BCUT2D eigenvalue weighted by Crippen LogP contribution is -2.27. The first-order valence-corrected chi connectivity index (χ1v) is 8.49. The van der Waals surface area contributed by atoms with E-state index in [1.807, 2.05) is 37.3 Å². The maximum atomic E-state index is 12.4. The fourth-order valence-electron chi connectivity index (χ4n) is 3.04. The molecule has 0 saturated heterocycles. The number of hydrogen-bond acceptors (Lipinski definition) is 4. The van der Waals surface area contributed by atoms with Gasteiger partial charge < -0.3 is 14.4 Å². The maximum absolute atomic E-state index is 12.4. The number of hydrogen-bond donors (Lipinski definition) is 1. The fraction of sp³-hybridized carbons (Fsp3) is 0.238. The number of nitrogens with zero attached hydrogens (tertiary/aromatic N) is 1. The van der Waals surface area contributed by atoms with E-state index in [4.69, 9.17) is 4.42 Å². The molecule has 26 heavy (non-hydrogen) atoms. The molecule has 0 bridgehead atoms. The van der Waals surface area contributed by atoms with Crippen LogP contribution < -0.4 is 5.63 Å². The zero-order valence-corrected chi connectivity index (χ0v) is 14.9. The molecule has 0 unspecified atom stereocenters. The van der Waals surface area contributed by atoms with Gasteiger partial charge in [0.05, 0.1) is 0 Å². The van der Waals surface area contributed by atoms with Crippen molar-refractivity contribution in [3.8, 4) is 5.75 Å². The number of phenols is 1. The number of carbonyl (C=O) groups excluding carboxylic acids is 1. The summed E-state index contributed by atoms with van der Waals surface area (Å²) in [4.78, 5) is 26.3. The van der Waals surface area contributed by atoms with E-state index in [1.165, 1.54) is 6.07 Å². The zero-order chi connectivity index (χ0) is 18.7. The molecule has 0 fully saturated rings. The Hall–Kier alpha value is -3.08. The van der Waals surface area contributed by atoms with Gasteiger partial charge in [0, 0.05) is 37.0 Å². The van der Waals surface area contributed by atoms with Gasteiger partial charge in [0.1, 0.15) is 11.3 Å². The van der Waals surface area contributed by atoms with Crippen molar-refractivity contribution in [2.45, 2.75) is 26.3 Å². The van der Waals surface area contributed by atoms with Crippen molar-refractivity contribution in [1.29, 1.82) is 0 Å². The Morgan fingerprint density at radius 1 is 1.15 bits per heavy atom. The number of rotatable bonds is 5. The molecule has 0 spiro atoms. The summed E-state index contributed by atoms with van der Waals surface area (Å²) in [6, 6.07) is 14.5. The predicted molar refractivity (Wildman–Crippen MR) is 100 cm³/mol. The molecule has 3 aromatic rings. The molecule has 0 saturated carbocycles. The molecule has 0 aliphatic heterocycles. The molecule has 5 nitrogen and oxygen atoms in total. The largest absolute Gasteiger partial charge is 0.508 e. The van der Waals surface area contributed by atoms with Gasteiger partial charge in [-0.25, -0.2) is 4.79 Å². The van der Waals surface area contributed by atoms with Crippen LogP contribution in [0.3, 0.4) is 0 Å². The Kier molecular flexibility index (Phi) is 5.07. The average molecular weight is 351 g/mol. The third kappa shape index (κ3) is 3.77. The summed E-state index contributed by atoms with van der Waals surface area (Å²) in [7, 11) is 1.76. The first-order chi connectivity index (χ1) is 12.5. The molecule has 1 amide bonds. The average Bonchev–Trinajstić information content (AvgIpc) is 2.61. The smallest absolute Gasteiger partial charge is 0.339 e. The van der Waals surface area contributed by atoms with Gasteiger partial charge in [-0.15, -0.1) is 0 Å². The summed E-state index contributed by atoms with van der Waals surface area (Å²) >= 11 is 0. The number of amides is 1. The van der Waals surface area contributed by atoms with Crippen LogP contribution >= 0.6 is 0 Å². The lowest BCUT2D eigenvalue weighted by Gasteiger charge is -2.17. The van der Waals surface area contributed by atoms with Gasteiger partial charge >= 0.3 is 5.63 Å². The van der Waals surface area contributed by atoms with Crippen molar-refractivity contribution < 1.29 is 14.3 Å². The van der Waals surface area contributed by atoms with E-state index < -0.39 is 5.63 Å². The van der Waals surface area contributed by atoms with Gasteiger partial charge in [0.25, 0.3) is 0 Å². The van der Waals surface area contributed by atoms with Crippen molar-refractivity contribution in [2.24, 2.45) is 0 Å². The van der Waals surface area contributed by atoms with Crippen LogP contribution in [0, 0.1) is 6.92 Å². The third-order valence-electron chi connectivity index (χ3n) is 4.55. The molecule has 0 atom stereocenters. The van der Waals surface area contributed by atoms with Crippen LogP contribution in [0.4, 0.5) is 0 Å². The summed E-state index contributed by atoms with van der Waals surface area (Å²) in [5.41, 5.74) is 2.24. The van der Waals surface area contributed by atoms with E-state index in [0.717, 1.165) is 16.5 Å². The highest BCUT2D eigenvalue weighted by molar-refractivity contribution is 5.82. The van der Waals surface area contributed by atoms with Crippen LogP contribution in [0.1, 0.15) is 23.1 Å². The van der Waals surface area contributed by atoms with Gasteiger partial charge in [0.2, 0.25) is 5.91 Å². The summed E-state index contributed by atoms with van der Waals surface area (Å²) in [5.74, 6) is 0.0176. The van der Waals surface area contributed by atoms with Crippen LogP contribution in [0.15, 0.2) is 57.7 Å². The second kappa shape index (κ2) is 7.44. The summed E-state index contributed by atoms with van der Waals surface area (Å²) < 4.78 is 5.30. The highest BCUT2D eigenvalue weighted by Gasteiger charge is 2.15. The Morgan fingerprint density at radius 3 is 2.62 bits per heavy atom. The highest BCUT2D eigenvalue weighted by atomic mass is 16.4. The SMILES string of the molecule is Cc1c(CCC(=O)N(C)Cc2ccccc2)c(=O)oc2cc(O)ccc12. The Labute approximate surface area is 151 Å². The van der Waals surface area contributed by atoms with Crippen molar-refractivity contribution in [1.82, 2.24) is 4.90 Å². The molecule has 134 valence electrons. The van der Waals surface area contributed by atoms with Gasteiger partial charge in [-0.3, -0.25) is 4.79 Å². The number of fused-ring (bicyclic) bond motifs is 1. The molecular weight excluding hydrogens is 330 g/mol. The van der Waals surface area contributed by atoms with Crippen molar-refractivity contribution in [3.63, 3.8) is 0 Å². The summed E-state index contributed by atoms with van der Waals surface area (Å²) in [6.45, 7) is 2.37. The molecule has 1 aromatic heterocycles. The molecule has 0 radical (unpaired) electrons. The maximum Gasteiger partial charge on any atom is 0.339 e. The van der Waals surface area contributed by atoms with Crippen molar-refractivity contribution in [2.75, 3.05) is 7.05 Å². The molecule has 1 heterocycles. The minimum absolute atomic E-state index is 0.0292. The molecule has 5 heteroatoms. The van der Waals surface area contributed by atoms with Crippen molar-refractivity contribution >= 4 is 16.9 Å². The standard InChI is InChI=1S/C21H21NO4/c1-14-17-9-8-16(23)12-19(17)26-21(25)18(14)10-11-20(24)22(2)13-15-6-4-3-5-7-15/h3-9,12,23H,10-11,13H2,1-2H3. The van der Waals surface area contributed by atoms with E-state index in [0.29, 0.717) is 24.1 Å². The second-order valence-electron chi connectivity index (χ2n) is 6.41. The van der Waals surface area contributed by atoms with Crippen LogP contribution in [-0.4, -0.2) is 23.0 Å². The van der Waals surface area contributed by atoms with Gasteiger partial charge in [-0.1, -0.05) is 30.3 Å². The first-order valence-electron chi connectivity index (χ1n) is 8.49. The number of carbonyl (C=O) groups is 1. The van der Waals surface area contributed by atoms with E-state index in [1.54, 1.807) is 24.1 Å². The van der Waals surface area contributed by atoms with Crippen LogP contribution in [0.2, 0.25) is 0 Å². The molecule has 0 aliphatic carbocycles. The topological polar surface area (TPSA) is 70.8 Å². The molecule has 1 N–H and O–H groups in total.